The number of fused-ring (bicyclic) bond motifs is 1. The summed E-state index contributed by atoms with van der Waals surface area (Å²) in [6.45, 7) is 0.214. The van der Waals surface area contributed by atoms with E-state index in [0.29, 0.717) is 23.5 Å². The van der Waals surface area contributed by atoms with E-state index in [-0.39, 0.29) is 23.8 Å². The molecule has 0 radical (unpaired) electrons. The highest BCUT2D eigenvalue weighted by Gasteiger charge is 2.13. The molecule has 0 saturated heterocycles. The molecule has 0 aliphatic carbocycles. The average molecular weight is 405 g/mol. The van der Waals surface area contributed by atoms with Crippen LogP contribution < -0.4 is 15.6 Å². The predicted octanol–water partition coefficient (Wildman–Crippen LogP) is 3.64. The number of pyridine rings is 1. The van der Waals surface area contributed by atoms with Gasteiger partial charge in [0.1, 0.15) is 23.6 Å². The molecule has 1 amide bonds. The Kier molecular flexibility index (Phi) is 5.34. The third kappa shape index (κ3) is 3.96. The topological polar surface area (TPSA) is 65.3 Å². The molecular formula is C23H20FN3O3. The van der Waals surface area contributed by atoms with Crippen LogP contribution in [0.4, 0.5) is 10.1 Å². The first-order valence-electron chi connectivity index (χ1n) is 9.41. The molecule has 152 valence electrons. The number of hydrogen-bond donors (Lipinski definition) is 1. The lowest BCUT2D eigenvalue weighted by molar-refractivity contribution is -0.116. The Morgan fingerprint density at radius 1 is 1.03 bits per heavy atom. The zero-order valence-corrected chi connectivity index (χ0v) is 16.3. The Hall–Kier alpha value is -3.87. The second-order valence-electron chi connectivity index (χ2n) is 6.87. The first-order chi connectivity index (χ1) is 14.5. The Morgan fingerprint density at radius 3 is 2.57 bits per heavy atom. The number of nitrogens with zero attached hydrogens (tertiary/aromatic N) is 2. The van der Waals surface area contributed by atoms with Gasteiger partial charge in [0.2, 0.25) is 5.91 Å². The molecule has 30 heavy (non-hydrogen) atoms. The number of halogens is 1. The van der Waals surface area contributed by atoms with E-state index in [0.717, 1.165) is 10.9 Å². The van der Waals surface area contributed by atoms with E-state index in [1.54, 1.807) is 59.4 Å². The normalized spacial score (nSPS) is 10.9. The van der Waals surface area contributed by atoms with Crippen molar-refractivity contribution >= 4 is 22.5 Å². The molecular weight excluding hydrogens is 385 g/mol. The van der Waals surface area contributed by atoms with Crippen LogP contribution in [-0.2, 0) is 17.9 Å². The molecule has 0 atom stereocenters. The second kappa shape index (κ2) is 8.24. The van der Waals surface area contributed by atoms with Crippen molar-refractivity contribution in [3.8, 4) is 5.75 Å². The highest BCUT2D eigenvalue weighted by molar-refractivity contribution is 5.92. The van der Waals surface area contributed by atoms with Crippen molar-refractivity contribution in [2.75, 3.05) is 12.4 Å². The van der Waals surface area contributed by atoms with E-state index in [1.807, 2.05) is 6.07 Å². The Labute approximate surface area is 172 Å². The summed E-state index contributed by atoms with van der Waals surface area (Å²) >= 11 is 0. The quantitative estimate of drug-likeness (QED) is 0.533. The molecule has 0 aliphatic rings. The summed E-state index contributed by atoms with van der Waals surface area (Å²) in [5, 5.41) is 3.53. The number of carbonyl (C=O) groups excluding carboxylic acids is 1. The molecule has 0 fully saturated rings. The van der Waals surface area contributed by atoms with Crippen molar-refractivity contribution in [2.45, 2.75) is 13.1 Å². The summed E-state index contributed by atoms with van der Waals surface area (Å²) in [6.07, 6.45) is 3.38. The van der Waals surface area contributed by atoms with Gasteiger partial charge in [-0.2, -0.15) is 0 Å². The van der Waals surface area contributed by atoms with Crippen molar-refractivity contribution in [1.29, 1.82) is 0 Å². The fourth-order valence-electron chi connectivity index (χ4n) is 3.43. The number of para-hydroxylation sites is 2. The number of ether oxygens (including phenoxy) is 1. The molecule has 0 saturated carbocycles. The van der Waals surface area contributed by atoms with Gasteiger partial charge in [0.15, 0.2) is 0 Å². The molecule has 4 rings (SSSR count). The number of carbonyl (C=O) groups is 1. The van der Waals surface area contributed by atoms with Gasteiger partial charge >= 0.3 is 0 Å². The third-order valence-corrected chi connectivity index (χ3v) is 4.83. The average Bonchev–Trinajstić information content (AvgIpc) is 3.14. The van der Waals surface area contributed by atoms with Gasteiger partial charge in [-0.05, 0) is 42.0 Å². The van der Waals surface area contributed by atoms with E-state index >= 15 is 0 Å². The third-order valence-electron chi connectivity index (χ3n) is 4.83. The number of anilines is 1. The van der Waals surface area contributed by atoms with E-state index in [1.165, 1.54) is 23.8 Å². The maximum atomic E-state index is 13.5. The van der Waals surface area contributed by atoms with Crippen LogP contribution in [0, 0.1) is 5.82 Å². The van der Waals surface area contributed by atoms with Crippen molar-refractivity contribution < 1.29 is 13.9 Å². The van der Waals surface area contributed by atoms with Gasteiger partial charge in [0.05, 0.1) is 12.8 Å². The highest BCUT2D eigenvalue weighted by Crippen LogP contribution is 2.23. The smallest absolute Gasteiger partial charge is 0.275 e. The maximum Gasteiger partial charge on any atom is 0.275 e. The van der Waals surface area contributed by atoms with Crippen LogP contribution in [0.1, 0.15) is 5.56 Å². The van der Waals surface area contributed by atoms with Crippen LogP contribution in [0.5, 0.6) is 5.75 Å². The summed E-state index contributed by atoms with van der Waals surface area (Å²) in [5.74, 6) is -0.129. The summed E-state index contributed by atoms with van der Waals surface area (Å²) in [5.41, 5.74) is 1.46. The van der Waals surface area contributed by atoms with E-state index in [9.17, 15) is 14.0 Å². The molecule has 0 bridgehead atoms. The molecule has 2 aromatic heterocycles. The summed E-state index contributed by atoms with van der Waals surface area (Å²) in [6, 6.07) is 16.9. The van der Waals surface area contributed by atoms with Gasteiger partial charge in [0.25, 0.3) is 5.56 Å². The van der Waals surface area contributed by atoms with Gasteiger partial charge in [-0.25, -0.2) is 4.39 Å². The van der Waals surface area contributed by atoms with Crippen molar-refractivity contribution in [1.82, 2.24) is 9.13 Å². The van der Waals surface area contributed by atoms with Gasteiger partial charge < -0.3 is 19.2 Å². The van der Waals surface area contributed by atoms with Crippen LogP contribution in [0.2, 0.25) is 0 Å². The Balaban J connectivity index is 1.60. The van der Waals surface area contributed by atoms with Crippen LogP contribution >= 0.6 is 0 Å². The predicted molar refractivity (Wildman–Crippen MR) is 113 cm³/mol. The first kappa shape index (κ1) is 19.4. The van der Waals surface area contributed by atoms with Gasteiger partial charge in [-0.3, -0.25) is 9.59 Å². The van der Waals surface area contributed by atoms with Crippen molar-refractivity contribution in [2.24, 2.45) is 0 Å². The molecule has 1 N–H and O–H groups in total. The lowest BCUT2D eigenvalue weighted by atomic mass is 10.2. The lowest BCUT2D eigenvalue weighted by Crippen LogP contribution is -2.28. The number of nitrogens with one attached hydrogen (secondary N) is 1. The van der Waals surface area contributed by atoms with E-state index in [2.05, 4.69) is 5.32 Å². The van der Waals surface area contributed by atoms with Gasteiger partial charge in [-0.1, -0.05) is 24.3 Å². The van der Waals surface area contributed by atoms with Crippen LogP contribution in [0.25, 0.3) is 10.9 Å². The number of hydrogen-bond acceptors (Lipinski definition) is 3. The molecule has 4 aromatic rings. The SMILES string of the molecule is COc1ccccc1NC(=O)Cn1ccc2ccn(Cc3cccc(F)c3)c2c1=O. The molecule has 0 aliphatic heterocycles. The van der Waals surface area contributed by atoms with Crippen LogP contribution in [-0.4, -0.2) is 22.2 Å². The zero-order valence-electron chi connectivity index (χ0n) is 16.3. The minimum Gasteiger partial charge on any atom is -0.495 e. The number of benzene rings is 2. The number of methoxy groups -OCH3 is 1. The lowest BCUT2D eigenvalue weighted by Gasteiger charge is -2.11. The second-order valence-corrected chi connectivity index (χ2v) is 6.87. The monoisotopic (exact) mass is 405 g/mol. The minimum atomic E-state index is -0.343. The highest BCUT2D eigenvalue weighted by atomic mass is 19.1. The van der Waals surface area contributed by atoms with E-state index in [4.69, 9.17) is 4.74 Å². The Morgan fingerprint density at radius 2 is 1.80 bits per heavy atom. The minimum absolute atomic E-state index is 0.141. The zero-order chi connectivity index (χ0) is 21.1. The Bertz CT molecular complexity index is 1280. The van der Waals surface area contributed by atoms with Crippen molar-refractivity contribution in [3.63, 3.8) is 0 Å². The standard InChI is InChI=1S/C23H20FN3O3/c1-30-20-8-3-2-7-19(20)25-21(28)15-27-12-10-17-9-11-26(22(17)23(27)29)14-16-5-4-6-18(24)13-16/h2-13H,14-15H2,1H3,(H,25,28). The number of aromatic nitrogens is 2. The molecule has 7 heteroatoms. The summed E-state index contributed by atoms with van der Waals surface area (Å²) < 4.78 is 21.9. The number of rotatable bonds is 6. The van der Waals surface area contributed by atoms with Gasteiger partial charge in [-0.15, -0.1) is 0 Å². The fraction of sp³-hybridized carbons (Fsp3) is 0.130. The van der Waals surface area contributed by atoms with Crippen LogP contribution in [0.15, 0.2) is 77.9 Å². The van der Waals surface area contributed by atoms with Crippen molar-refractivity contribution in [3.05, 3.63) is 94.8 Å². The summed E-state index contributed by atoms with van der Waals surface area (Å²) in [7, 11) is 1.52. The molecule has 0 spiro atoms. The first-order valence-corrected chi connectivity index (χ1v) is 9.41. The molecule has 2 heterocycles. The fourth-order valence-corrected chi connectivity index (χ4v) is 3.43. The summed E-state index contributed by atoms with van der Waals surface area (Å²) in [4.78, 5) is 25.6. The van der Waals surface area contributed by atoms with E-state index < -0.39 is 0 Å². The molecule has 2 aromatic carbocycles. The van der Waals surface area contributed by atoms with Crippen LogP contribution in [0.3, 0.4) is 0 Å². The maximum absolute atomic E-state index is 13.5. The molecule has 6 nitrogen and oxygen atoms in total. The largest absolute Gasteiger partial charge is 0.495 e. The van der Waals surface area contributed by atoms with Gasteiger partial charge in [0, 0.05) is 24.3 Å². The number of amides is 1. The molecule has 0 unspecified atom stereocenters.